The van der Waals surface area contributed by atoms with Gasteiger partial charge in [-0.15, -0.1) is 0 Å². The fourth-order valence-corrected chi connectivity index (χ4v) is 2.30. The maximum absolute atomic E-state index is 11.7. The third-order valence-corrected chi connectivity index (χ3v) is 3.64. The highest BCUT2D eigenvalue weighted by molar-refractivity contribution is 5.89. The molecule has 0 atom stereocenters. The molecule has 25 heavy (non-hydrogen) atoms. The monoisotopic (exact) mass is 347 g/mol. The molecule has 6 heteroatoms. The number of anilines is 1. The lowest BCUT2D eigenvalue weighted by Gasteiger charge is -2.13. The van der Waals surface area contributed by atoms with E-state index in [4.69, 9.17) is 0 Å². The number of carbonyl (C=O) groups is 1. The smallest absolute Gasteiger partial charge is 0.319 e. The van der Waals surface area contributed by atoms with Crippen LogP contribution in [0, 0.1) is 0 Å². The Bertz CT molecular complexity index is 525. The number of rotatable bonds is 9. The number of carbonyl (C=O) groups excluding carboxylic acids is 1. The molecule has 0 heterocycles. The number of benzene rings is 1. The third kappa shape index (κ3) is 9.59. The highest BCUT2D eigenvalue weighted by Crippen LogP contribution is 2.09. The Morgan fingerprint density at radius 1 is 1.08 bits per heavy atom. The van der Waals surface area contributed by atoms with E-state index >= 15 is 0 Å². The van der Waals surface area contributed by atoms with Crippen LogP contribution in [-0.2, 0) is 6.54 Å². The van der Waals surface area contributed by atoms with Gasteiger partial charge in [-0.2, -0.15) is 0 Å². The maximum atomic E-state index is 11.7. The molecule has 1 rings (SSSR count). The van der Waals surface area contributed by atoms with Gasteiger partial charge >= 0.3 is 6.03 Å². The lowest BCUT2D eigenvalue weighted by molar-refractivity contribution is 0.250. The number of hydrogen-bond donors (Lipinski definition) is 4. The van der Waals surface area contributed by atoms with Crippen LogP contribution in [0.1, 0.15) is 52.0 Å². The van der Waals surface area contributed by atoms with Gasteiger partial charge in [0, 0.05) is 31.9 Å². The Kier molecular flexibility index (Phi) is 10.1. The molecule has 0 aliphatic rings. The summed E-state index contributed by atoms with van der Waals surface area (Å²) in [5.41, 5.74) is 1.91. The summed E-state index contributed by atoms with van der Waals surface area (Å²) in [7, 11) is 1.78. The van der Waals surface area contributed by atoms with E-state index < -0.39 is 0 Å². The van der Waals surface area contributed by atoms with E-state index in [0.717, 1.165) is 30.2 Å². The van der Waals surface area contributed by atoms with Gasteiger partial charge in [-0.05, 0) is 38.0 Å². The number of unbranched alkanes of at least 4 members (excludes halogenated alkanes) is 3. The van der Waals surface area contributed by atoms with E-state index in [0.29, 0.717) is 6.54 Å². The molecule has 6 nitrogen and oxygen atoms in total. The molecule has 0 aromatic heterocycles. The SMILES string of the molecule is CCCCCCNC(=NC)NCc1ccc(NC(=O)NC(C)C)cc1. The van der Waals surface area contributed by atoms with E-state index in [-0.39, 0.29) is 12.1 Å². The molecule has 0 spiro atoms. The van der Waals surface area contributed by atoms with Crippen LogP contribution >= 0.6 is 0 Å². The minimum Gasteiger partial charge on any atom is -0.356 e. The van der Waals surface area contributed by atoms with Crippen LogP contribution in [-0.4, -0.2) is 31.6 Å². The van der Waals surface area contributed by atoms with Crippen molar-refractivity contribution >= 4 is 17.7 Å². The molecule has 2 amide bonds. The summed E-state index contributed by atoms with van der Waals surface area (Å²) in [4.78, 5) is 15.9. The molecule has 0 aliphatic heterocycles. The van der Waals surface area contributed by atoms with Crippen molar-refractivity contribution in [1.29, 1.82) is 0 Å². The number of nitrogens with zero attached hydrogens (tertiary/aromatic N) is 1. The van der Waals surface area contributed by atoms with Crippen LogP contribution in [0.25, 0.3) is 0 Å². The average molecular weight is 348 g/mol. The zero-order valence-corrected chi connectivity index (χ0v) is 16.0. The van der Waals surface area contributed by atoms with Crippen molar-refractivity contribution in [3.8, 4) is 0 Å². The van der Waals surface area contributed by atoms with Crippen molar-refractivity contribution < 1.29 is 4.79 Å². The summed E-state index contributed by atoms with van der Waals surface area (Å²) < 4.78 is 0. The van der Waals surface area contributed by atoms with Crippen molar-refractivity contribution in [1.82, 2.24) is 16.0 Å². The predicted octanol–water partition coefficient (Wildman–Crippen LogP) is 3.46. The van der Waals surface area contributed by atoms with Gasteiger partial charge in [-0.1, -0.05) is 38.3 Å². The van der Waals surface area contributed by atoms with Crippen molar-refractivity contribution in [2.45, 2.75) is 59.0 Å². The Hall–Kier alpha value is -2.24. The summed E-state index contributed by atoms with van der Waals surface area (Å²) in [6.07, 6.45) is 4.94. The summed E-state index contributed by atoms with van der Waals surface area (Å²) in [6, 6.07) is 7.72. The lowest BCUT2D eigenvalue weighted by Crippen LogP contribution is -2.37. The zero-order valence-electron chi connectivity index (χ0n) is 16.0. The minimum absolute atomic E-state index is 0.115. The molecular weight excluding hydrogens is 314 g/mol. The van der Waals surface area contributed by atoms with E-state index in [1.54, 1.807) is 7.05 Å². The van der Waals surface area contributed by atoms with Crippen molar-refractivity contribution in [3.05, 3.63) is 29.8 Å². The van der Waals surface area contributed by atoms with E-state index in [2.05, 4.69) is 33.2 Å². The molecule has 0 unspecified atom stereocenters. The summed E-state index contributed by atoms with van der Waals surface area (Å²) in [5, 5.41) is 12.2. The van der Waals surface area contributed by atoms with Crippen LogP contribution in [0.3, 0.4) is 0 Å². The van der Waals surface area contributed by atoms with Gasteiger partial charge in [-0.3, -0.25) is 4.99 Å². The Labute approximate surface area is 151 Å². The second kappa shape index (κ2) is 12.2. The van der Waals surface area contributed by atoms with Gasteiger partial charge in [0.2, 0.25) is 0 Å². The standard InChI is InChI=1S/C19H33N5O/c1-5-6-7-8-13-21-18(20-4)22-14-16-9-11-17(12-10-16)24-19(25)23-15(2)3/h9-12,15H,5-8,13-14H2,1-4H3,(H2,20,21,22)(H2,23,24,25). The highest BCUT2D eigenvalue weighted by atomic mass is 16.2. The number of urea groups is 1. The number of nitrogens with one attached hydrogen (secondary N) is 4. The first-order chi connectivity index (χ1) is 12.0. The molecule has 0 saturated heterocycles. The van der Waals surface area contributed by atoms with Gasteiger partial charge in [0.05, 0.1) is 0 Å². The molecular formula is C19H33N5O. The summed E-state index contributed by atoms with van der Waals surface area (Å²) in [5.74, 6) is 0.815. The largest absolute Gasteiger partial charge is 0.356 e. The fraction of sp³-hybridized carbons (Fsp3) is 0.579. The predicted molar refractivity (Wildman–Crippen MR) is 106 cm³/mol. The molecule has 0 saturated carbocycles. The van der Waals surface area contributed by atoms with Crippen LogP contribution in [0.15, 0.2) is 29.3 Å². The van der Waals surface area contributed by atoms with Crippen LogP contribution in [0.5, 0.6) is 0 Å². The van der Waals surface area contributed by atoms with Crippen LogP contribution in [0.2, 0.25) is 0 Å². The van der Waals surface area contributed by atoms with E-state index in [1.807, 2.05) is 38.1 Å². The quantitative estimate of drug-likeness (QED) is 0.314. The molecule has 0 aliphatic carbocycles. The van der Waals surface area contributed by atoms with Crippen molar-refractivity contribution in [3.63, 3.8) is 0 Å². The van der Waals surface area contributed by atoms with Gasteiger partial charge in [0.1, 0.15) is 0 Å². The number of amides is 2. The topological polar surface area (TPSA) is 77.6 Å². The highest BCUT2D eigenvalue weighted by Gasteiger charge is 2.03. The number of aliphatic imine (C=N–C) groups is 1. The van der Waals surface area contributed by atoms with Crippen molar-refractivity contribution in [2.75, 3.05) is 18.9 Å². The van der Waals surface area contributed by atoms with Crippen molar-refractivity contribution in [2.24, 2.45) is 4.99 Å². The first kappa shape index (κ1) is 20.8. The minimum atomic E-state index is -0.187. The first-order valence-corrected chi connectivity index (χ1v) is 9.16. The Balaban J connectivity index is 2.35. The molecule has 0 radical (unpaired) electrons. The second-order valence-electron chi connectivity index (χ2n) is 6.36. The molecule has 0 bridgehead atoms. The Morgan fingerprint density at radius 2 is 1.80 bits per heavy atom. The summed E-state index contributed by atoms with van der Waals surface area (Å²) >= 11 is 0. The first-order valence-electron chi connectivity index (χ1n) is 9.16. The molecule has 140 valence electrons. The second-order valence-corrected chi connectivity index (χ2v) is 6.36. The van der Waals surface area contributed by atoms with Gasteiger partial charge in [0.25, 0.3) is 0 Å². The summed E-state index contributed by atoms with van der Waals surface area (Å²) in [6.45, 7) is 7.70. The van der Waals surface area contributed by atoms with Gasteiger partial charge in [-0.25, -0.2) is 4.79 Å². The maximum Gasteiger partial charge on any atom is 0.319 e. The van der Waals surface area contributed by atoms with Gasteiger partial charge < -0.3 is 21.3 Å². The molecule has 4 N–H and O–H groups in total. The normalized spacial score (nSPS) is 11.3. The third-order valence-electron chi connectivity index (χ3n) is 3.64. The van der Waals surface area contributed by atoms with E-state index in [1.165, 1.54) is 19.3 Å². The fourth-order valence-electron chi connectivity index (χ4n) is 2.30. The molecule has 1 aromatic carbocycles. The zero-order chi connectivity index (χ0) is 18.5. The van der Waals surface area contributed by atoms with Gasteiger partial charge in [0.15, 0.2) is 5.96 Å². The van der Waals surface area contributed by atoms with E-state index in [9.17, 15) is 4.79 Å². The van der Waals surface area contributed by atoms with Crippen LogP contribution in [0.4, 0.5) is 10.5 Å². The molecule has 0 fully saturated rings. The molecule has 1 aromatic rings. The van der Waals surface area contributed by atoms with Crippen LogP contribution < -0.4 is 21.3 Å². The number of hydrogen-bond acceptors (Lipinski definition) is 2. The average Bonchev–Trinajstić information content (AvgIpc) is 2.58. The lowest BCUT2D eigenvalue weighted by atomic mass is 10.2. The number of guanidine groups is 1. The Morgan fingerprint density at radius 3 is 2.40 bits per heavy atom.